The van der Waals surface area contributed by atoms with E-state index in [1.165, 1.54) is 18.4 Å². The van der Waals surface area contributed by atoms with Crippen molar-refractivity contribution in [2.24, 2.45) is 0 Å². The van der Waals surface area contributed by atoms with Crippen LogP contribution >= 0.6 is 0 Å². The van der Waals surface area contributed by atoms with E-state index < -0.39 is 23.4 Å². The molecule has 0 amide bonds. The highest BCUT2D eigenvalue weighted by Crippen LogP contribution is 2.50. The van der Waals surface area contributed by atoms with Gasteiger partial charge < -0.3 is 24.4 Å². The van der Waals surface area contributed by atoms with Crippen LogP contribution in [0.5, 0.6) is 5.75 Å². The first kappa shape index (κ1) is 29.0. The molecule has 232 valence electrons. The molecule has 1 aromatic heterocycles. The molecular weight excluding hydrogens is 573 g/mol. The van der Waals surface area contributed by atoms with Gasteiger partial charge in [-0.2, -0.15) is 13.2 Å². The third kappa shape index (κ3) is 5.40. The highest BCUT2D eigenvalue weighted by Gasteiger charge is 2.46. The normalized spacial score (nSPS) is 23.8. The van der Waals surface area contributed by atoms with E-state index in [0.29, 0.717) is 50.2 Å². The molecule has 8 nitrogen and oxygen atoms in total. The van der Waals surface area contributed by atoms with E-state index in [4.69, 9.17) is 9.47 Å². The van der Waals surface area contributed by atoms with Gasteiger partial charge in [0, 0.05) is 56.2 Å². The van der Waals surface area contributed by atoms with E-state index in [2.05, 4.69) is 45.2 Å². The van der Waals surface area contributed by atoms with Crippen molar-refractivity contribution in [3.05, 3.63) is 77.1 Å². The highest BCUT2D eigenvalue weighted by atomic mass is 19.4. The summed E-state index contributed by atoms with van der Waals surface area (Å²) in [6.45, 7) is 3.46. The van der Waals surface area contributed by atoms with Gasteiger partial charge in [0.1, 0.15) is 17.4 Å². The number of carboxylic acids is 1. The SMILES string of the molecule is O=C(O)c1cnc(N2CC3(CCOCC3)c3cc(OC4CCN(C5CC(c6ccccc6)C5)CC4)ccc32)nc1C(F)(F)F. The summed E-state index contributed by atoms with van der Waals surface area (Å²) >= 11 is 0. The van der Waals surface area contributed by atoms with Gasteiger partial charge in [0.15, 0.2) is 5.69 Å². The maximum absolute atomic E-state index is 13.8. The molecule has 0 unspecified atom stereocenters. The summed E-state index contributed by atoms with van der Waals surface area (Å²) in [6, 6.07) is 17.1. The Balaban J connectivity index is 1.06. The molecule has 2 aromatic carbocycles. The molecule has 0 radical (unpaired) electrons. The summed E-state index contributed by atoms with van der Waals surface area (Å²) in [6.07, 6.45) is 1.60. The minimum atomic E-state index is -4.93. The van der Waals surface area contributed by atoms with Gasteiger partial charge in [-0.05, 0) is 73.8 Å². The second kappa shape index (κ2) is 11.3. The van der Waals surface area contributed by atoms with E-state index in [1.807, 2.05) is 18.2 Å². The molecule has 1 N–H and O–H groups in total. The number of carbonyl (C=O) groups is 1. The monoisotopic (exact) mass is 608 g/mol. The predicted molar refractivity (Wildman–Crippen MR) is 157 cm³/mol. The van der Waals surface area contributed by atoms with Gasteiger partial charge in [-0.15, -0.1) is 0 Å². The Morgan fingerprint density at radius 2 is 1.77 bits per heavy atom. The fraction of sp³-hybridized carbons (Fsp3) is 0.485. The van der Waals surface area contributed by atoms with Crippen molar-refractivity contribution in [1.29, 1.82) is 0 Å². The number of hydrogen-bond donors (Lipinski definition) is 1. The topological polar surface area (TPSA) is 88.0 Å². The summed E-state index contributed by atoms with van der Waals surface area (Å²) in [7, 11) is 0. The molecule has 4 heterocycles. The number of alkyl halides is 3. The number of rotatable bonds is 6. The zero-order valence-corrected chi connectivity index (χ0v) is 24.3. The van der Waals surface area contributed by atoms with E-state index in [9.17, 15) is 23.1 Å². The summed E-state index contributed by atoms with van der Waals surface area (Å²) < 4.78 is 53.5. The summed E-state index contributed by atoms with van der Waals surface area (Å²) in [4.78, 5) is 23.5. The Kier molecular flexibility index (Phi) is 7.48. The van der Waals surface area contributed by atoms with Gasteiger partial charge in [0.25, 0.3) is 0 Å². The zero-order valence-electron chi connectivity index (χ0n) is 24.3. The average molecular weight is 609 g/mol. The number of aromatic nitrogens is 2. The van der Waals surface area contributed by atoms with Crippen molar-refractivity contribution < 1.29 is 32.5 Å². The number of nitrogens with zero attached hydrogens (tertiary/aromatic N) is 4. The number of fused-ring (bicyclic) bond motifs is 2. The number of anilines is 2. The lowest BCUT2D eigenvalue weighted by molar-refractivity contribution is -0.141. The summed E-state index contributed by atoms with van der Waals surface area (Å²) in [5, 5.41) is 9.29. The average Bonchev–Trinajstić information content (AvgIpc) is 3.30. The van der Waals surface area contributed by atoms with E-state index in [1.54, 1.807) is 4.90 Å². The van der Waals surface area contributed by atoms with Gasteiger partial charge in [0.2, 0.25) is 5.95 Å². The molecule has 3 fully saturated rings. The minimum Gasteiger partial charge on any atom is -0.490 e. The first-order chi connectivity index (χ1) is 21.2. The van der Waals surface area contributed by atoms with Gasteiger partial charge in [0.05, 0.1) is 0 Å². The molecule has 1 spiro atoms. The zero-order chi connectivity index (χ0) is 30.5. The number of ether oxygens (including phenoxy) is 2. The third-order valence-corrected chi connectivity index (χ3v) is 9.94. The van der Waals surface area contributed by atoms with Crippen LogP contribution in [0.15, 0.2) is 54.7 Å². The molecular formula is C33H35F3N4O4. The smallest absolute Gasteiger partial charge is 0.434 e. The van der Waals surface area contributed by atoms with Gasteiger partial charge in [-0.1, -0.05) is 30.3 Å². The van der Waals surface area contributed by atoms with Crippen LogP contribution in [0.1, 0.15) is 71.6 Å². The Morgan fingerprint density at radius 1 is 1.05 bits per heavy atom. The first-order valence-corrected chi connectivity index (χ1v) is 15.3. The molecule has 4 aliphatic rings. The van der Waals surface area contributed by atoms with Crippen molar-refractivity contribution in [1.82, 2.24) is 14.9 Å². The minimum absolute atomic E-state index is 0.0960. The predicted octanol–water partition coefficient (Wildman–Crippen LogP) is 6.18. The van der Waals surface area contributed by atoms with Crippen molar-refractivity contribution in [2.45, 2.75) is 68.2 Å². The molecule has 2 saturated heterocycles. The van der Waals surface area contributed by atoms with Crippen LogP contribution in [-0.2, 0) is 16.3 Å². The number of halogens is 3. The molecule has 44 heavy (non-hydrogen) atoms. The number of likely N-dealkylation sites (tertiary alicyclic amines) is 1. The van der Waals surface area contributed by atoms with Crippen LogP contribution in [0.3, 0.4) is 0 Å². The van der Waals surface area contributed by atoms with Crippen LogP contribution in [0.4, 0.5) is 24.8 Å². The van der Waals surface area contributed by atoms with E-state index in [0.717, 1.165) is 43.4 Å². The molecule has 7 rings (SSSR count). The lowest BCUT2D eigenvalue weighted by Crippen LogP contribution is -2.49. The maximum Gasteiger partial charge on any atom is 0.434 e. The van der Waals surface area contributed by atoms with Crippen LogP contribution in [0.25, 0.3) is 0 Å². The highest BCUT2D eigenvalue weighted by molar-refractivity contribution is 5.89. The van der Waals surface area contributed by atoms with Crippen LogP contribution in [0, 0.1) is 0 Å². The second-order valence-electron chi connectivity index (χ2n) is 12.5. The third-order valence-electron chi connectivity index (χ3n) is 9.94. The van der Waals surface area contributed by atoms with Crippen LogP contribution < -0.4 is 9.64 Å². The molecule has 0 atom stereocenters. The molecule has 11 heteroatoms. The Bertz CT molecular complexity index is 1520. The van der Waals surface area contributed by atoms with Crippen LogP contribution in [-0.4, -0.2) is 70.9 Å². The summed E-state index contributed by atoms with van der Waals surface area (Å²) in [5.41, 5.74) is 0.352. The Labute approximate surface area is 253 Å². The standard InChI is InChI=1S/C33H35F3N4O4/c34-33(35,36)29-26(30(41)42)19-37-31(38-29)40-20-32(10-14-43-15-11-32)27-18-25(6-7-28(27)40)44-24-8-12-39(13-9-24)23-16-22(17-23)21-4-2-1-3-5-21/h1-7,18-19,22-24H,8-17,20H2,(H,41,42). The molecule has 1 aliphatic carbocycles. The van der Waals surface area contributed by atoms with E-state index in [-0.39, 0.29) is 17.5 Å². The number of piperidine rings is 1. The number of aromatic carboxylic acids is 1. The lowest BCUT2D eigenvalue weighted by Gasteiger charge is -2.46. The fourth-order valence-electron chi connectivity index (χ4n) is 7.40. The number of hydrogen-bond acceptors (Lipinski definition) is 7. The van der Waals surface area contributed by atoms with Crippen molar-refractivity contribution >= 4 is 17.6 Å². The Hall–Kier alpha value is -3.70. The van der Waals surface area contributed by atoms with E-state index >= 15 is 0 Å². The van der Waals surface area contributed by atoms with Crippen molar-refractivity contribution in [3.8, 4) is 5.75 Å². The Morgan fingerprint density at radius 3 is 2.45 bits per heavy atom. The molecule has 0 bridgehead atoms. The fourth-order valence-corrected chi connectivity index (χ4v) is 7.40. The van der Waals surface area contributed by atoms with Gasteiger partial charge >= 0.3 is 12.1 Å². The van der Waals surface area contributed by atoms with Gasteiger partial charge in [-0.25, -0.2) is 14.8 Å². The maximum atomic E-state index is 13.8. The summed E-state index contributed by atoms with van der Waals surface area (Å²) in [5.74, 6) is -0.484. The van der Waals surface area contributed by atoms with Crippen LogP contribution in [0.2, 0.25) is 0 Å². The molecule has 1 saturated carbocycles. The second-order valence-corrected chi connectivity index (χ2v) is 12.5. The molecule has 3 aromatic rings. The number of carboxylic acid groups (broad SMARTS) is 1. The van der Waals surface area contributed by atoms with Crippen molar-refractivity contribution in [2.75, 3.05) is 37.7 Å². The quantitative estimate of drug-likeness (QED) is 0.355. The lowest BCUT2D eigenvalue weighted by atomic mass is 9.74. The number of benzene rings is 2. The molecule has 3 aliphatic heterocycles. The first-order valence-electron chi connectivity index (χ1n) is 15.3. The van der Waals surface area contributed by atoms with Gasteiger partial charge in [-0.3, -0.25) is 0 Å². The largest absolute Gasteiger partial charge is 0.490 e. The van der Waals surface area contributed by atoms with Crippen molar-refractivity contribution in [3.63, 3.8) is 0 Å².